The molecule has 1 aromatic rings. The Labute approximate surface area is 111 Å². The van der Waals surface area contributed by atoms with E-state index in [2.05, 4.69) is 15.6 Å². The molecule has 2 amide bonds. The summed E-state index contributed by atoms with van der Waals surface area (Å²) in [4.78, 5) is 26.9. The van der Waals surface area contributed by atoms with E-state index in [1.807, 2.05) is 0 Å². The molecule has 7 heteroatoms. The van der Waals surface area contributed by atoms with Gasteiger partial charge in [-0.3, -0.25) is 14.6 Å². The second-order valence-electron chi connectivity index (χ2n) is 3.81. The van der Waals surface area contributed by atoms with Crippen molar-refractivity contribution in [1.29, 1.82) is 0 Å². The summed E-state index contributed by atoms with van der Waals surface area (Å²) < 4.78 is 4.80. The largest absolute Gasteiger partial charge is 0.398 e. The van der Waals surface area contributed by atoms with Crippen LogP contribution >= 0.6 is 0 Å². The molecule has 0 fully saturated rings. The molecule has 7 nitrogen and oxygen atoms in total. The summed E-state index contributed by atoms with van der Waals surface area (Å²) in [6.45, 7) is 1.16. The number of nitrogens with one attached hydrogen (secondary N) is 2. The zero-order chi connectivity index (χ0) is 14.1. The Balaban J connectivity index is 2.28. The van der Waals surface area contributed by atoms with Crippen molar-refractivity contribution < 1.29 is 14.3 Å². The van der Waals surface area contributed by atoms with Gasteiger partial charge in [-0.1, -0.05) is 0 Å². The lowest BCUT2D eigenvalue weighted by atomic mass is 10.2. The number of nitrogen functional groups attached to an aromatic ring is 1. The molecule has 0 saturated heterocycles. The predicted octanol–water partition coefficient (Wildman–Crippen LogP) is -0.454. The Morgan fingerprint density at radius 3 is 2.84 bits per heavy atom. The van der Waals surface area contributed by atoms with E-state index in [1.54, 1.807) is 13.2 Å². The summed E-state index contributed by atoms with van der Waals surface area (Å²) in [5.41, 5.74) is 6.31. The van der Waals surface area contributed by atoms with Crippen LogP contribution in [0.2, 0.25) is 0 Å². The maximum Gasteiger partial charge on any atom is 0.254 e. The number of hydrogen-bond donors (Lipinski definition) is 3. The topological polar surface area (TPSA) is 106 Å². The SMILES string of the molecule is COCCNC(=O)CCNC(=O)c1cnccc1N. The Morgan fingerprint density at radius 2 is 2.16 bits per heavy atom. The van der Waals surface area contributed by atoms with Gasteiger partial charge in [0.05, 0.1) is 12.2 Å². The average molecular weight is 266 g/mol. The summed E-state index contributed by atoms with van der Waals surface area (Å²) in [5.74, 6) is -0.480. The monoisotopic (exact) mass is 266 g/mol. The van der Waals surface area contributed by atoms with Gasteiger partial charge >= 0.3 is 0 Å². The highest BCUT2D eigenvalue weighted by molar-refractivity contribution is 5.98. The zero-order valence-corrected chi connectivity index (χ0v) is 10.8. The molecule has 0 bridgehead atoms. The minimum Gasteiger partial charge on any atom is -0.398 e. The minimum atomic E-state index is -0.338. The molecule has 0 aromatic carbocycles. The summed E-state index contributed by atoms with van der Waals surface area (Å²) >= 11 is 0. The van der Waals surface area contributed by atoms with Crippen LogP contribution in [0.3, 0.4) is 0 Å². The van der Waals surface area contributed by atoms with Crippen molar-refractivity contribution in [3.05, 3.63) is 24.0 Å². The summed E-state index contributed by atoms with van der Waals surface area (Å²) in [6, 6.07) is 1.55. The number of ether oxygens (including phenoxy) is 1. The first-order valence-corrected chi connectivity index (χ1v) is 5.88. The van der Waals surface area contributed by atoms with Gasteiger partial charge in [0.1, 0.15) is 0 Å². The molecule has 0 unspecified atom stereocenters. The Kier molecular flexibility index (Phi) is 6.31. The number of carbonyl (C=O) groups excluding carboxylic acids is 2. The highest BCUT2D eigenvalue weighted by Gasteiger charge is 2.09. The quantitative estimate of drug-likeness (QED) is 0.579. The Bertz CT molecular complexity index is 437. The molecule has 4 N–H and O–H groups in total. The van der Waals surface area contributed by atoms with Crippen LogP contribution < -0.4 is 16.4 Å². The average Bonchev–Trinajstić information content (AvgIpc) is 2.39. The third kappa shape index (κ3) is 5.35. The van der Waals surface area contributed by atoms with Gasteiger partial charge in [-0.05, 0) is 6.07 Å². The number of hydrogen-bond acceptors (Lipinski definition) is 5. The van der Waals surface area contributed by atoms with E-state index in [0.717, 1.165) is 0 Å². The fourth-order valence-electron chi connectivity index (χ4n) is 1.36. The van der Waals surface area contributed by atoms with Crippen molar-refractivity contribution >= 4 is 17.5 Å². The summed E-state index contributed by atoms with van der Waals surface area (Å²) in [6.07, 6.45) is 3.11. The maximum absolute atomic E-state index is 11.7. The standard InChI is InChI=1S/C12H18N4O3/c1-19-7-6-15-11(17)3-5-16-12(18)9-8-14-4-2-10(9)13/h2,4,8H,3,5-7H2,1H3,(H2,13,14)(H,15,17)(H,16,18). The van der Waals surface area contributed by atoms with Crippen molar-refractivity contribution in [2.75, 3.05) is 32.5 Å². The predicted molar refractivity (Wildman–Crippen MR) is 70.5 cm³/mol. The Morgan fingerprint density at radius 1 is 1.37 bits per heavy atom. The molecule has 104 valence electrons. The van der Waals surface area contributed by atoms with E-state index in [1.165, 1.54) is 12.4 Å². The molecule has 1 rings (SSSR count). The van der Waals surface area contributed by atoms with Crippen LogP contribution in [0.5, 0.6) is 0 Å². The van der Waals surface area contributed by atoms with Crippen molar-refractivity contribution in [2.24, 2.45) is 0 Å². The molecule has 0 radical (unpaired) electrons. The Hall–Kier alpha value is -2.15. The number of aromatic nitrogens is 1. The molecule has 19 heavy (non-hydrogen) atoms. The lowest BCUT2D eigenvalue weighted by Crippen LogP contribution is -2.32. The third-order valence-electron chi connectivity index (χ3n) is 2.37. The molecular weight excluding hydrogens is 248 g/mol. The van der Waals surface area contributed by atoms with Gasteiger partial charge in [0.2, 0.25) is 5.91 Å². The second-order valence-corrected chi connectivity index (χ2v) is 3.81. The van der Waals surface area contributed by atoms with Crippen molar-refractivity contribution in [2.45, 2.75) is 6.42 Å². The van der Waals surface area contributed by atoms with Crippen LogP contribution in [0.1, 0.15) is 16.8 Å². The number of rotatable bonds is 7. The van der Waals surface area contributed by atoms with Crippen LogP contribution in [0.4, 0.5) is 5.69 Å². The lowest BCUT2D eigenvalue weighted by molar-refractivity contribution is -0.121. The van der Waals surface area contributed by atoms with Crippen molar-refractivity contribution in [3.63, 3.8) is 0 Å². The van der Waals surface area contributed by atoms with E-state index in [4.69, 9.17) is 10.5 Å². The van der Waals surface area contributed by atoms with Crippen LogP contribution in [0.15, 0.2) is 18.5 Å². The van der Waals surface area contributed by atoms with Crippen LogP contribution in [-0.4, -0.2) is 43.6 Å². The summed E-state index contributed by atoms with van der Waals surface area (Å²) in [7, 11) is 1.56. The first-order valence-electron chi connectivity index (χ1n) is 5.88. The van der Waals surface area contributed by atoms with E-state index >= 15 is 0 Å². The van der Waals surface area contributed by atoms with E-state index in [-0.39, 0.29) is 24.8 Å². The number of nitrogens with zero attached hydrogens (tertiary/aromatic N) is 1. The number of pyridine rings is 1. The molecule has 1 aromatic heterocycles. The van der Waals surface area contributed by atoms with Gasteiger partial charge in [0.25, 0.3) is 5.91 Å². The molecule has 0 saturated carbocycles. The molecule has 0 atom stereocenters. The van der Waals surface area contributed by atoms with Gasteiger partial charge in [-0.2, -0.15) is 0 Å². The second kappa shape index (κ2) is 8.04. The van der Waals surface area contributed by atoms with Gasteiger partial charge in [0.15, 0.2) is 0 Å². The molecule has 0 aliphatic heterocycles. The number of carbonyl (C=O) groups is 2. The fraction of sp³-hybridized carbons (Fsp3) is 0.417. The number of nitrogens with two attached hydrogens (primary N) is 1. The molecule has 0 spiro atoms. The van der Waals surface area contributed by atoms with Crippen LogP contribution in [-0.2, 0) is 9.53 Å². The first kappa shape index (κ1) is 14.9. The zero-order valence-electron chi connectivity index (χ0n) is 10.8. The third-order valence-corrected chi connectivity index (χ3v) is 2.37. The number of anilines is 1. The number of methoxy groups -OCH3 is 1. The van der Waals surface area contributed by atoms with Crippen LogP contribution in [0.25, 0.3) is 0 Å². The maximum atomic E-state index is 11.7. The van der Waals surface area contributed by atoms with Gasteiger partial charge in [0, 0.05) is 44.7 Å². The van der Waals surface area contributed by atoms with Gasteiger partial charge in [-0.25, -0.2) is 0 Å². The molecule has 0 aliphatic rings. The minimum absolute atomic E-state index is 0.142. The number of amides is 2. The smallest absolute Gasteiger partial charge is 0.254 e. The van der Waals surface area contributed by atoms with Crippen LogP contribution in [0, 0.1) is 0 Å². The molecular formula is C12H18N4O3. The highest BCUT2D eigenvalue weighted by atomic mass is 16.5. The molecule has 1 heterocycles. The molecule has 0 aliphatic carbocycles. The lowest BCUT2D eigenvalue weighted by Gasteiger charge is -2.07. The van der Waals surface area contributed by atoms with E-state index in [9.17, 15) is 9.59 Å². The highest BCUT2D eigenvalue weighted by Crippen LogP contribution is 2.07. The fourth-order valence-corrected chi connectivity index (χ4v) is 1.36. The summed E-state index contributed by atoms with van der Waals surface area (Å²) in [5, 5.41) is 5.27. The van der Waals surface area contributed by atoms with E-state index < -0.39 is 0 Å². The van der Waals surface area contributed by atoms with Gasteiger partial charge < -0.3 is 21.1 Å². The van der Waals surface area contributed by atoms with E-state index in [0.29, 0.717) is 24.4 Å². The normalized spacial score (nSPS) is 9.95. The first-order chi connectivity index (χ1) is 9.15. The van der Waals surface area contributed by atoms with Gasteiger partial charge in [-0.15, -0.1) is 0 Å². The van der Waals surface area contributed by atoms with Crippen molar-refractivity contribution in [1.82, 2.24) is 15.6 Å². The van der Waals surface area contributed by atoms with Crippen molar-refractivity contribution in [3.8, 4) is 0 Å².